The number of hydrogen-bond acceptors (Lipinski definition) is 4. The topological polar surface area (TPSA) is 80.9 Å². The quantitative estimate of drug-likeness (QED) is 0.870. The molecule has 0 aliphatic carbocycles. The Hall–Kier alpha value is -2.14. The molecule has 1 aromatic heterocycles. The van der Waals surface area contributed by atoms with E-state index in [1.807, 2.05) is 19.1 Å². The second-order valence-corrected chi connectivity index (χ2v) is 4.12. The van der Waals surface area contributed by atoms with E-state index in [1.54, 1.807) is 6.07 Å². The van der Waals surface area contributed by atoms with Crippen LogP contribution in [0.25, 0.3) is 0 Å². The predicted octanol–water partition coefficient (Wildman–Crippen LogP) is 2.27. The molecule has 3 N–H and O–H groups in total. The first-order chi connectivity index (χ1) is 8.58. The van der Waals surface area contributed by atoms with E-state index in [0.717, 1.165) is 5.56 Å². The molecule has 0 aliphatic rings. The predicted molar refractivity (Wildman–Crippen MR) is 70.6 cm³/mol. The number of benzene rings is 1. The molecule has 0 bridgehead atoms. The Morgan fingerprint density at radius 3 is 2.72 bits per heavy atom. The highest BCUT2D eigenvalue weighted by molar-refractivity contribution is 6.34. The summed E-state index contributed by atoms with van der Waals surface area (Å²) in [6, 6.07) is 5.38. The lowest BCUT2D eigenvalue weighted by Gasteiger charge is -2.09. The molecule has 0 atom stereocenters. The molecule has 6 heteroatoms. The Balaban J connectivity index is 2.24. The van der Waals surface area contributed by atoms with Gasteiger partial charge in [0.05, 0.1) is 23.1 Å². The summed E-state index contributed by atoms with van der Waals surface area (Å²) < 4.78 is 0. The number of carbonyl (C=O) groups excluding carboxylic acids is 1. The van der Waals surface area contributed by atoms with Gasteiger partial charge < -0.3 is 11.1 Å². The van der Waals surface area contributed by atoms with Gasteiger partial charge in [0.25, 0.3) is 5.91 Å². The number of carbonyl (C=O) groups is 1. The number of nitrogens with two attached hydrogens (primary N) is 1. The van der Waals surface area contributed by atoms with Crippen molar-refractivity contribution in [3.63, 3.8) is 0 Å². The minimum absolute atomic E-state index is 0.184. The van der Waals surface area contributed by atoms with Crippen LogP contribution in [0, 0.1) is 6.92 Å². The van der Waals surface area contributed by atoms with Gasteiger partial charge in [-0.3, -0.25) is 4.79 Å². The van der Waals surface area contributed by atoms with Crippen LogP contribution in [-0.4, -0.2) is 15.9 Å². The third-order valence-electron chi connectivity index (χ3n) is 2.36. The van der Waals surface area contributed by atoms with Crippen molar-refractivity contribution in [3.05, 3.63) is 46.9 Å². The second-order valence-electron chi connectivity index (χ2n) is 3.71. The van der Waals surface area contributed by atoms with E-state index in [2.05, 4.69) is 15.3 Å². The molecule has 2 aromatic rings. The molecule has 92 valence electrons. The zero-order chi connectivity index (χ0) is 13.1. The molecule has 0 saturated carbocycles. The van der Waals surface area contributed by atoms with Gasteiger partial charge >= 0.3 is 0 Å². The Morgan fingerprint density at radius 2 is 2.11 bits per heavy atom. The summed E-state index contributed by atoms with van der Waals surface area (Å²) in [5.74, 6) is -0.112. The average molecular weight is 263 g/mol. The Labute approximate surface area is 109 Å². The number of hydrogen-bond donors (Lipinski definition) is 2. The highest BCUT2D eigenvalue weighted by Crippen LogP contribution is 2.25. The van der Waals surface area contributed by atoms with Gasteiger partial charge in [0.2, 0.25) is 0 Å². The van der Waals surface area contributed by atoms with E-state index in [0.29, 0.717) is 10.7 Å². The van der Waals surface area contributed by atoms with Crippen molar-refractivity contribution in [1.82, 2.24) is 9.97 Å². The van der Waals surface area contributed by atoms with Gasteiger partial charge in [-0.25, -0.2) is 9.97 Å². The minimum atomic E-state index is -0.376. The maximum Gasteiger partial charge on any atom is 0.275 e. The molecule has 1 aromatic carbocycles. The monoisotopic (exact) mass is 262 g/mol. The summed E-state index contributed by atoms with van der Waals surface area (Å²) in [6.07, 6.45) is 2.64. The first-order valence-electron chi connectivity index (χ1n) is 5.22. The summed E-state index contributed by atoms with van der Waals surface area (Å²) in [5, 5.41) is 3.18. The molecule has 0 unspecified atom stereocenters. The van der Waals surface area contributed by atoms with Crippen LogP contribution < -0.4 is 11.1 Å². The Bertz CT molecular complexity index is 563. The maximum atomic E-state index is 11.9. The maximum absolute atomic E-state index is 11.9. The van der Waals surface area contributed by atoms with Crippen LogP contribution in [0.2, 0.25) is 5.02 Å². The van der Waals surface area contributed by atoms with E-state index in [-0.39, 0.29) is 17.4 Å². The van der Waals surface area contributed by atoms with E-state index >= 15 is 0 Å². The van der Waals surface area contributed by atoms with Crippen molar-refractivity contribution in [1.29, 1.82) is 0 Å². The van der Waals surface area contributed by atoms with Crippen LogP contribution >= 0.6 is 11.6 Å². The van der Waals surface area contributed by atoms with Crippen molar-refractivity contribution in [3.8, 4) is 0 Å². The number of nitrogens with zero attached hydrogens (tertiary/aromatic N) is 2. The highest BCUT2D eigenvalue weighted by Gasteiger charge is 2.11. The van der Waals surface area contributed by atoms with E-state index in [9.17, 15) is 4.79 Å². The third kappa shape index (κ3) is 2.57. The van der Waals surface area contributed by atoms with Crippen molar-refractivity contribution >= 4 is 29.0 Å². The molecule has 5 nitrogen and oxygen atoms in total. The van der Waals surface area contributed by atoms with Crippen molar-refractivity contribution < 1.29 is 4.79 Å². The second kappa shape index (κ2) is 5.01. The van der Waals surface area contributed by atoms with Gasteiger partial charge in [-0.1, -0.05) is 23.7 Å². The molecule has 2 rings (SSSR count). The standard InChI is InChI=1S/C12H11ClN4O/c1-7-3-2-4-8(13)11(7)17-12(18)9-5-16-10(14)6-15-9/h2-6H,1H3,(H2,14,16)(H,17,18). The van der Waals surface area contributed by atoms with Crippen LogP contribution in [0.15, 0.2) is 30.6 Å². The number of rotatable bonds is 2. The van der Waals surface area contributed by atoms with Gasteiger partial charge in [-0.2, -0.15) is 0 Å². The van der Waals surface area contributed by atoms with Crippen LogP contribution in [0.4, 0.5) is 11.5 Å². The first kappa shape index (κ1) is 12.3. The van der Waals surface area contributed by atoms with E-state index < -0.39 is 0 Å². The zero-order valence-electron chi connectivity index (χ0n) is 9.64. The number of anilines is 2. The lowest BCUT2D eigenvalue weighted by atomic mass is 10.2. The largest absolute Gasteiger partial charge is 0.382 e. The lowest BCUT2D eigenvalue weighted by molar-refractivity contribution is 0.102. The number of para-hydroxylation sites is 1. The third-order valence-corrected chi connectivity index (χ3v) is 2.68. The molecule has 0 spiro atoms. The molecular weight excluding hydrogens is 252 g/mol. The van der Waals surface area contributed by atoms with E-state index in [1.165, 1.54) is 12.4 Å². The van der Waals surface area contributed by atoms with Gasteiger partial charge in [0.15, 0.2) is 0 Å². The molecule has 18 heavy (non-hydrogen) atoms. The van der Waals surface area contributed by atoms with Crippen molar-refractivity contribution in [2.75, 3.05) is 11.1 Å². The zero-order valence-corrected chi connectivity index (χ0v) is 10.4. The number of aryl methyl sites for hydroxylation is 1. The SMILES string of the molecule is Cc1cccc(Cl)c1NC(=O)c1cnc(N)cn1. The lowest BCUT2D eigenvalue weighted by Crippen LogP contribution is -2.15. The minimum Gasteiger partial charge on any atom is -0.382 e. The molecule has 0 aliphatic heterocycles. The fraction of sp³-hybridized carbons (Fsp3) is 0.0833. The fourth-order valence-electron chi connectivity index (χ4n) is 1.42. The first-order valence-corrected chi connectivity index (χ1v) is 5.59. The van der Waals surface area contributed by atoms with Gasteiger partial charge in [-0.15, -0.1) is 0 Å². The summed E-state index contributed by atoms with van der Waals surface area (Å²) in [6.45, 7) is 1.86. The molecule has 0 saturated heterocycles. The Morgan fingerprint density at radius 1 is 1.33 bits per heavy atom. The Kier molecular flexibility index (Phi) is 3.43. The molecular formula is C12H11ClN4O. The van der Waals surface area contributed by atoms with E-state index in [4.69, 9.17) is 17.3 Å². The number of nitrogens with one attached hydrogen (secondary N) is 1. The summed E-state index contributed by atoms with van der Waals surface area (Å²) in [5.41, 5.74) is 7.03. The molecule has 0 radical (unpaired) electrons. The van der Waals surface area contributed by atoms with Crippen molar-refractivity contribution in [2.45, 2.75) is 6.92 Å². The molecule has 1 amide bonds. The molecule has 1 heterocycles. The summed E-state index contributed by atoms with van der Waals surface area (Å²) >= 11 is 6.02. The van der Waals surface area contributed by atoms with Crippen LogP contribution in [0.3, 0.4) is 0 Å². The number of aromatic nitrogens is 2. The van der Waals surface area contributed by atoms with Crippen molar-refractivity contribution in [2.24, 2.45) is 0 Å². The molecule has 0 fully saturated rings. The van der Waals surface area contributed by atoms with Crippen LogP contribution in [0.5, 0.6) is 0 Å². The van der Waals surface area contributed by atoms with Crippen LogP contribution in [-0.2, 0) is 0 Å². The van der Waals surface area contributed by atoms with Gasteiger partial charge in [0, 0.05) is 0 Å². The fourth-order valence-corrected chi connectivity index (χ4v) is 1.69. The normalized spacial score (nSPS) is 10.1. The number of nitrogen functional groups attached to an aromatic ring is 1. The van der Waals surface area contributed by atoms with Gasteiger partial charge in [0.1, 0.15) is 11.5 Å². The summed E-state index contributed by atoms with van der Waals surface area (Å²) in [4.78, 5) is 19.6. The average Bonchev–Trinajstić information content (AvgIpc) is 2.34. The number of halogens is 1. The van der Waals surface area contributed by atoms with Gasteiger partial charge in [-0.05, 0) is 18.6 Å². The summed E-state index contributed by atoms with van der Waals surface area (Å²) in [7, 11) is 0. The number of amides is 1. The highest BCUT2D eigenvalue weighted by atomic mass is 35.5. The van der Waals surface area contributed by atoms with Crippen LogP contribution in [0.1, 0.15) is 16.1 Å². The smallest absolute Gasteiger partial charge is 0.275 e.